The highest BCUT2D eigenvalue weighted by atomic mass is 32.2. The van der Waals surface area contributed by atoms with Gasteiger partial charge in [0, 0.05) is 19.2 Å². The van der Waals surface area contributed by atoms with Crippen LogP contribution in [-0.4, -0.2) is 33.4 Å². The lowest BCUT2D eigenvalue weighted by molar-refractivity contribution is 0.0785. The molecule has 0 bridgehead atoms. The van der Waals surface area contributed by atoms with E-state index >= 15 is 0 Å². The number of para-hydroxylation sites is 1. The van der Waals surface area contributed by atoms with Gasteiger partial charge in [-0.3, -0.25) is 9.52 Å². The van der Waals surface area contributed by atoms with Gasteiger partial charge in [-0.2, -0.15) is 0 Å². The SMILES string of the molecule is COc1ccccc1CN(C)C(=O)c1cc2ccccc2cc1NS(=O)(=O)c1cccs1. The number of carbonyl (C=O) groups is 1. The molecule has 1 amide bonds. The summed E-state index contributed by atoms with van der Waals surface area (Å²) in [6.45, 7) is 0.312. The zero-order valence-electron chi connectivity index (χ0n) is 17.6. The number of thiophene rings is 1. The molecule has 3 aromatic carbocycles. The van der Waals surface area contributed by atoms with Crippen LogP contribution in [0, 0.1) is 0 Å². The van der Waals surface area contributed by atoms with E-state index in [0.717, 1.165) is 27.7 Å². The first-order chi connectivity index (χ1) is 15.4. The van der Waals surface area contributed by atoms with Crippen LogP contribution < -0.4 is 9.46 Å². The van der Waals surface area contributed by atoms with Gasteiger partial charge in [-0.1, -0.05) is 48.5 Å². The molecule has 0 atom stereocenters. The van der Waals surface area contributed by atoms with E-state index in [1.807, 2.05) is 48.5 Å². The maximum Gasteiger partial charge on any atom is 0.271 e. The van der Waals surface area contributed by atoms with Gasteiger partial charge in [0.1, 0.15) is 9.96 Å². The monoisotopic (exact) mass is 466 g/mol. The summed E-state index contributed by atoms with van der Waals surface area (Å²) in [5, 5.41) is 3.38. The minimum absolute atomic E-state index is 0.187. The van der Waals surface area contributed by atoms with E-state index < -0.39 is 10.0 Å². The van der Waals surface area contributed by atoms with Crippen molar-refractivity contribution in [2.45, 2.75) is 10.8 Å². The van der Waals surface area contributed by atoms with Crippen LogP contribution in [0.3, 0.4) is 0 Å². The fourth-order valence-corrected chi connectivity index (χ4v) is 5.54. The number of methoxy groups -OCH3 is 1. The lowest BCUT2D eigenvalue weighted by Crippen LogP contribution is -2.27. The van der Waals surface area contributed by atoms with Gasteiger partial charge in [0.2, 0.25) is 0 Å². The topological polar surface area (TPSA) is 75.7 Å². The van der Waals surface area contributed by atoms with Crippen LogP contribution in [0.4, 0.5) is 5.69 Å². The number of hydrogen-bond acceptors (Lipinski definition) is 5. The number of rotatable bonds is 7. The van der Waals surface area contributed by atoms with Gasteiger partial charge in [0.05, 0.1) is 18.4 Å². The zero-order valence-corrected chi connectivity index (χ0v) is 19.2. The molecule has 8 heteroatoms. The number of benzene rings is 3. The second-order valence-electron chi connectivity index (χ2n) is 7.26. The predicted octanol–water partition coefficient (Wildman–Crippen LogP) is 4.98. The molecular formula is C24H22N2O4S2. The van der Waals surface area contributed by atoms with Crippen molar-refractivity contribution in [1.29, 1.82) is 0 Å². The number of hydrogen-bond donors (Lipinski definition) is 1. The van der Waals surface area contributed by atoms with E-state index in [9.17, 15) is 13.2 Å². The molecule has 0 aliphatic heterocycles. The molecule has 0 unspecified atom stereocenters. The van der Waals surface area contributed by atoms with E-state index in [2.05, 4.69) is 4.72 Å². The summed E-state index contributed by atoms with van der Waals surface area (Å²) in [5.74, 6) is 0.384. The van der Waals surface area contributed by atoms with Crippen molar-refractivity contribution >= 4 is 43.7 Å². The summed E-state index contributed by atoms with van der Waals surface area (Å²) in [6, 6.07) is 21.6. The molecule has 0 saturated heterocycles. The zero-order chi connectivity index (χ0) is 22.7. The Bertz CT molecular complexity index is 1370. The first-order valence-electron chi connectivity index (χ1n) is 9.85. The van der Waals surface area contributed by atoms with Gasteiger partial charge in [-0.15, -0.1) is 11.3 Å². The Morgan fingerprint density at radius 2 is 1.69 bits per heavy atom. The van der Waals surface area contributed by atoms with E-state index in [4.69, 9.17) is 4.74 Å². The molecule has 0 saturated carbocycles. The van der Waals surface area contributed by atoms with E-state index in [-0.39, 0.29) is 21.4 Å². The number of sulfonamides is 1. The molecule has 164 valence electrons. The normalized spacial score (nSPS) is 11.3. The third-order valence-electron chi connectivity index (χ3n) is 5.07. The molecule has 4 aromatic rings. The summed E-state index contributed by atoms with van der Waals surface area (Å²) >= 11 is 1.12. The van der Waals surface area contributed by atoms with Crippen molar-refractivity contribution < 1.29 is 17.9 Å². The quantitative estimate of drug-likeness (QED) is 0.417. The van der Waals surface area contributed by atoms with E-state index in [0.29, 0.717) is 12.3 Å². The smallest absolute Gasteiger partial charge is 0.271 e. The second kappa shape index (κ2) is 9.02. The average Bonchev–Trinajstić information content (AvgIpc) is 3.34. The van der Waals surface area contributed by atoms with Crippen LogP contribution in [0.2, 0.25) is 0 Å². The second-order valence-corrected chi connectivity index (χ2v) is 10.1. The average molecular weight is 467 g/mol. The Labute approximate surface area is 191 Å². The fraction of sp³-hybridized carbons (Fsp3) is 0.125. The molecule has 0 radical (unpaired) electrons. The Hall–Kier alpha value is -3.36. The van der Waals surface area contributed by atoms with Crippen LogP contribution in [0.15, 0.2) is 82.4 Å². The van der Waals surface area contributed by atoms with Crippen molar-refractivity contribution in [2.24, 2.45) is 0 Å². The van der Waals surface area contributed by atoms with Gasteiger partial charge in [-0.25, -0.2) is 8.42 Å². The number of nitrogens with zero attached hydrogens (tertiary/aromatic N) is 1. The Balaban J connectivity index is 1.73. The van der Waals surface area contributed by atoms with Crippen LogP contribution in [0.25, 0.3) is 10.8 Å². The maximum atomic E-state index is 13.4. The van der Waals surface area contributed by atoms with E-state index in [1.165, 1.54) is 6.07 Å². The summed E-state index contributed by atoms with van der Waals surface area (Å²) in [7, 11) is -0.545. The van der Waals surface area contributed by atoms with Crippen LogP contribution in [0.5, 0.6) is 5.75 Å². The summed E-state index contributed by atoms with van der Waals surface area (Å²) in [4.78, 5) is 15.0. The largest absolute Gasteiger partial charge is 0.496 e. The number of ether oxygens (including phenoxy) is 1. The molecule has 0 aliphatic rings. The van der Waals surface area contributed by atoms with Crippen LogP contribution in [-0.2, 0) is 16.6 Å². The molecule has 6 nitrogen and oxygen atoms in total. The fourth-order valence-electron chi connectivity index (χ4n) is 3.48. The standard InChI is InChI=1S/C24H22N2O4S2/c1-26(16-19-10-5-6-11-22(19)30-2)24(27)20-14-17-8-3-4-9-18(17)15-21(20)25-32(28,29)23-12-7-13-31-23/h3-15,25H,16H2,1-2H3. The van der Waals surface area contributed by atoms with E-state index in [1.54, 1.807) is 42.6 Å². The number of nitrogens with one attached hydrogen (secondary N) is 1. The number of amides is 1. The summed E-state index contributed by atoms with van der Waals surface area (Å²) in [5.41, 5.74) is 1.38. The Morgan fingerprint density at radius 3 is 2.38 bits per heavy atom. The maximum absolute atomic E-state index is 13.4. The highest BCUT2D eigenvalue weighted by Gasteiger charge is 2.23. The molecule has 0 fully saturated rings. The van der Waals surface area contributed by atoms with Crippen LogP contribution >= 0.6 is 11.3 Å². The van der Waals surface area contributed by atoms with Crippen molar-refractivity contribution in [3.63, 3.8) is 0 Å². The molecule has 0 spiro atoms. The van der Waals surface area contributed by atoms with Crippen LogP contribution in [0.1, 0.15) is 15.9 Å². The predicted molar refractivity (Wildman–Crippen MR) is 128 cm³/mol. The molecule has 1 heterocycles. The van der Waals surface area contributed by atoms with Gasteiger partial charge in [0.15, 0.2) is 0 Å². The summed E-state index contributed by atoms with van der Waals surface area (Å²) in [6.07, 6.45) is 0. The lowest BCUT2D eigenvalue weighted by atomic mass is 10.0. The highest BCUT2D eigenvalue weighted by molar-refractivity contribution is 7.94. The minimum Gasteiger partial charge on any atom is -0.496 e. The van der Waals surface area contributed by atoms with Gasteiger partial charge < -0.3 is 9.64 Å². The molecule has 32 heavy (non-hydrogen) atoms. The lowest BCUT2D eigenvalue weighted by Gasteiger charge is -2.21. The van der Waals surface area contributed by atoms with Crippen molar-refractivity contribution in [3.8, 4) is 5.75 Å². The molecule has 1 N–H and O–H groups in total. The first kappa shape index (κ1) is 21.9. The van der Waals surface area contributed by atoms with Crippen molar-refractivity contribution in [1.82, 2.24) is 4.90 Å². The van der Waals surface area contributed by atoms with Crippen molar-refractivity contribution in [3.05, 3.63) is 89.3 Å². The third-order valence-corrected chi connectivity index (χ3v) is 7.83. The number of carbonyl (C=O) groups excluding carboxylic acids is 1. The van der Waals surface area contributed by atoms with Gasteiger partial charge in [-0.05, 0) is 40.4 Å². The summed E-state index contributed by atoms with van der Waals surface area (Å²) < 4.78 is 33.9. The third kappa shape index (κ3) is 4.46. The number of anilines is 1. The first-order valence-corrected chi connectivity index (χ1v) is 12.2. The van der Waals surface area contributed by atoms with Crippen molar-refractivity contribution in [2.75, 3.05) is 18.9 Å². The van der Waals surface area contributed by atoms with Gasteiger partial charge in [0.25, 0.3) is 15.9 Å². The number of fused-ring (bicyclic) bond motifs is 1. The molecule has 4 rings (SSSR count). The molecule has 1 aromatic heterocycles. The Morgan fingerprint density at radius 1 is 1.00 bits per heavy atom. The van der Waals surface area contributed by atoms with Gasteiger partial charge >= 0.3 is 0 Å². The molecule has 0 aliphatic carbocycles. The molecular weight excluding hydrogens is 444 g/mol. The Kier molecular flexibility index (Phi) is 6.16. The highest BCUT2D eigenvalue weighted by Crippen LogP contribution is 2.29. The minimum atomic E-state index is -3.81.